The molecule has 3 N–H and O–H groups in total. The highest BCUT2D eigenvalue weighted by Gasteiger charge is 2.36. The Balaban J connectivity index is 1.74. The largest absolute Gasteiger partial charge is 0.481 e. The number of rotatable bonds is 4. The fraction of sp³-hybridized carbons (Fsp3) is 0.318. The molecule has 3 heterocycles. The van der Waals surface area contributed by atoms with Crippen molar-refractivity contribution in [2.75, 3.05) is 19.0 Å². The second-order valence-corrected chi connectivity index (χ2v) is 10.6. The highest BCUT2D eigenvalue weighted by atomic mass is 32.2. The van der Waals surface area contributed by atoms with Crippen molar-refractivity contribution in [3.8, 4) is 22.9 Å². The van der Waals surface area contributed by atoms with Gasteiger partial charge in [-0.1, -0.05) is 26.0 Å². The Morgan fingerprint density at radius 2 is 2.08 bits per heavy atom. The average Bonchev–Trinajstić information content (AvgIpc) is 3.21. The Morgan fingerprint density at radius 1 is 1.33 bits per heavy atom. The summed E-state index contributed by atoms with van der Waals surface area (Å²) in [6.07, 6.45) is -2.29. The van der Waals surface area contributed by atoms with Crippen molar-refractivity contribution in [1.82, 2.24) is 14.8 Å². The predicted octanol–water partition coefficient (Wildman–Crippen LogP) is 4.32. The van der Waals surface area contributed by atoms with E-state index in [1.54, 1.807) is 0 Å². The van der Waals surface area contributed by atoms with Gasteiger partial charge in [0, 0.05) is 23.2 Å². The molecule has 0 saturated heterocycles. The van der Waals surface area contributed by atoms with Gasteiger partial charge < -0.3 is 14.8 Å². The van der Waals surface area contributed by atoms with Crippen molar-refractivity contribution in [1.29, 1.82) is 0 Å². The minimum atomic E-state index is -4.81. The third kappa shape index (κ3) is 5.14. The van der Waals surface area contributed by atoms with Gasteiger partial charge in [0.05, 0.1) is 37.7 Å². The third-order valence-electron chi connectivity index (χ3n) is 5.33. The van der Waals surface area contributed by atoms with Crippen LogP contribution in [-0.2, 0) is 22.6 Å². The number of aromatic nitrogens is 3. The van der Waals surface area contributed by atoms with E-state index in [-0.39, 0.29) is 34.2 Å². The van der Waals surface area contributed by atoms with Crippen LogP contribution < -0.4 is 19.9 Å². The molecule has 0 fully saturated rings. The molecule has 1 aliphatic rings. The van der Waals surface area contributed by atoms with E-state index in [1.807, 2.05) is 13.8 Å². The van der Waals surface area contributed by atoms with Gasteiger partial charge in [0.2, 0.25) is 11.8 Å². The van der Waals surface area contributed by atoms with Crippen LogP contribution in [0, 0.1) is 5.41 Å². The average molecular weight is 525 g/mol. The molecule has 1 aromatic carbocycles. The number of urea groups is 1. The fourth-order valence-corrected chi connectivity index (χ4v) is 4.69. The lowest BCUT2D eigenvalue weighted by molar-refractivity contribution is -0.136. The smallest absolute Gasteiger partial charge is 0.418 e. The number of nitrogens with zero attached hydrogens (tertiary/aromatic N) is 4. The Hall–Kier alpha value is -3.65. The third-order valence-corrected chi connectivity index (χ3v) is 6.67. The molecule has 0 radical (unpaired) electrons. The Bertz CT molecular complexity index is 1440. The van der Waals surface area contributed by atoms with Crippen LogP contribution in [0.4, 0.5) is 23.7 Å². The molecule has 0 unspecified atom stereocenters. The summed E-state index contributed by atoms with van der Waals surface area (Å²) in [7, 11) is -2.55. The fourth-order valence-electron chi connectivity index (χ4n) is 3.69. The normalized spacial score (nSPS) is 16.3. The van der Waals surface area contributed by atoms with E-state index >= 15 is 0 Å². The first kappa shape index (κ1) is 25.4. The molecule has 0 bridgehead atoms. The van der Waals surface area contributed by atoms with Crippen LogP contribution in [-0.4, -0.2) is 38.7 Å². The first-order valence-corrected chi connectivity index (χ1v) is 12.1. The summed E-state index contributed by atoms with van der Waals surface area (Å²) in [5, 5.41) is 12.1. The number of hydrogen-bond acceptors (Lipinski definition) is 6. The maximum Gasteiger partial charge on any atom is 0.418 e. The number of ether oxygens (including phenoxy) is 2. The number of benzene rings is 1. The molecule has 0 saturated carbocycles. The lowest BCUT2D eigenvalue weighted by Gasteiger charge is -2.30. The van der Waals surface area contributed by atoms with Crippen LogP contribution in [0.25, 0.3) is 11.1 Å². The number of pyridine rings is 1. The number of para-hydroxylation sites is 1. The molecule has 2 aromatic heterocycles. The van der Waals surface area contributed by atoms with E-state index < -0.39 is 33.4 Å². The summed E-state index contributed by atoms with van der Waals surface area (Å²) in [6, 6.07) is 4.91. The molecule has 3 aromatic rings. The molecule has 1 aliphatic heterocycles. The van der Waals surface area contributed by atoms with E-state index in [0.29, 0.717) is 12.1 Å². The molecule has 0 aliphatic carbocycles. The highest BCUT2D eigenvalue weighted by molar-refractivity contribution is 7.91. The number of carbonyl (C=O) groups is 1. The standard InChI is InChI=1S/C22H23F3N6O4S/c1-21(2)11-31-19(35-12-21)16(10-28-31)36(26,33)30-20(32)29-18-14(5-4-6-15(18)22(23,24)25)13-7-8-27-17(9-13)34-3/h4-10H,11-12H2,1-3H3,(H3,26,29,30,32,33)/t36-/m0/s1. The van der Waals surface area contributed by atoms with Crippen molar-refractivity contribution >= 4 is 21.6 Å². The van der Waals surface area contributed by atoms with Gasteiger partial charge in [-0.2, -0.15) is 18.3 Å². The van der Waals surface area contributed by atoms with Gasteiger partial charge in [0.25, 0.3) is 0 Å². The lowest BCUT2D eigenvalue weighted by atomic mass is 9.94. The van der Waals surface area contributed by atoms with Crippen molar-refractivity contribution in [2.24, 2.45) is 14.9 Å². The van der Waals surface area contributed by atoms with Crippen molar-refractivity contribution in [2.45, 2.75) is 31.5 Å². The van der Waals surface area contributed by atoms with E-state index in [4.69, 9.17) is 14.6 Å². The van der Waals surface area contributed by atoms with Crippen LogP contribution in [0.3, 0.4) is 0 Å². The summed E-state index contributed by atoms with van der Waals surface area (Å²) in [4.78, 5) is 16.6. The van der Waals surface area contributed by atoms with Gasteiger partial charge in [-0.3, -0.25) is 0 Å². The summed E-state index contributed by atoms with van der Waals surface area (Å²) in [5.41, 5.74) is -1.65. The molecule has 192 valence electrons. The van der Waals surface area contributed by atoms with Crippen molar-refractivity contribution < 1.29 is 31.6 Å². The monoisotopic (exact) mass is 524 g/mol. The number of fused-ring (bicyclic) bond motifs is 1. The number of anilines is 1. The Kier molecular flexibility index (Phi) is 6.43. The molecular weight excluding hydrogens is 501 g/mol. The summed E-state index contributed by atoms with van der Waals surface area (Å²) in [6.45, 7) is 4.62. The van der Waals surface area contributed by atoms with Crippen LogP contribution >= 0.6 is 0 Å². The zero-order chi connectivity index (χ0) is 26.3. The number of methoxy groups -OCH3 is 1. The second-order valence-electron chi connectivity index (χ2n) is 8.83. The Labute approximate surface area is 204 Å². The second kappa shape index (κ2) is 9.09. The number of halogens is 3. The highest BCUT2D eigenvalue weighted by Crippen LogP contribution is 2.41. The summed E-state index contributed by atoms with van der Waals surface area (Å²) >= 11 is 0. The molecule has 36 heavy (non-hydrogen) atoms. The van der Waals surface area contributed by atoms with Gasteiger partial charge >= 0.3 is 12.2 Å². The number of alkyl halides is 3. The van der Waals surface area contributed by atoms with Gasteiger partial charge in [-0.25, -0.2) is 23.8 Å². The number of nitrogens with two attached hydrogens (primary N) is 1. The first-order chi connectivity index (χ1) is 16.8. The van der Waals surface area contributed by atoms with Crippen LogP contribution in [0.5, 0.6) is 11.8 Å². The minimum Gasteiger partial charge on any atom is -0.481 e. The van der Waals surface area contributed by atoms with E-state index in [1.165, 1.54) is 48.5 Å². The topological polar surface area (TPSA) is 134 Å². The van der Waals surface area contributed by atoms with Crippen LogP contribution in [0.15, 0.2) is 52.0 Å². The van der Waals surface area contributed by atoms with E-state index in [9.17, 15) is 22.2 Å². The number of amides is 2. The Morgan fingerprint density at radius 3 is 2.78 bits per heavy atom. The maximum absolute atomic E-state index is 13.8. The number of carbonyl (C=O) groups excluding carboxylic acids is 1. The molecule has 10 nitrogen and oxygen atoms in total. The molecule has 1 atom stereocenters. The van der Waals surface area contributed by atoms with Crippen molar-refractivity contribution in [3.05, 3.63) is 48.3 Å². The predicted molar refractivity (Wildman–Crippen MR) is 125 cm³/mol. The van der Waals surface area contributed by atoms with E-state index in [0.717, 1.165) is 6.07 Å². The lowest BCUT2D eigenvalue weighted by Crippen LogP contribution is -2.33. The van der Waals surface area contributed by atoms with Crippen molar-refractivity contribution in [3.63, 3.8) is 0 Å². The van der Waals surface area contributed by atoms with Crippen LogP contribution in [0.1, 0.15) is 19.4 Å². The molecule has 14 heteroatoms. The quantitative estimate of drug-likeness (QED) is 0.522. The zero-order valence-electron chi connectivity index (χ0n) is 19.5. The molecule has 0 spiro atoms. The van der Waals surface area contributed by atoms with Gasteiger partial charge in [0.1, 0.15) is 4.90 Å². The zero-order valence-corrected chi connectivity index (χ0v) is 20.3. The summed E-state index contributed by atoms with van der Waals surface area (Å²) in [5.74, 6) is 0.254. The van der Waals surface area contributed by atoms with E-state index in [2.05, 4.69) is 19.8 Å². The molecular formula is C22H23F3N6O4S. The number of nitrogens with one attached hydrogen (secondary N) is 1. The molecule has 2 amide bonds. The van der Waals surface area contributed by atoms with Gasteiger partial charge in [-0.15, -0.1) is 4.36 Å². The van der Waals surface area contributed by atoms with Gasteiger partial charge in [-0.05, 0) is 17.7 Å². The van der Waals surface area contributed by atoms with Crippen LogP contribution in [0.2, 0.25) is 0 Å². The maximum atomic E-state index is 13.8. The summed E-state index contributed by atoms with van der Waals surface area (Å²) < 4.78 is 70.3. The SMILES string of the molecule is COc1cc(-c2cccc(C(F)(F)F)c2NC(=O)N=[S@](N)(=O)c2cnn3c2OCC(C)(C)C3)ccn1. The van der Waals surface area contributed by atoms with Gasteiger partial charge in [0.15, 0.2) is 9.92 Å². The number of hydrogen-bond donors (Lipinski definition) is 2. The minimum absolute atomic E-state index is 0.0195. The molecule has 4 rings (SSSR count). The first-order valence-electron chi connectivity index (χ1n) is 10.6.